The van der Waals surface area contributed by atoms with Gasteiger partial charge in [0, 0.05) is 12.1 Å². The van der Waals surface area contributed by atoms with E-state index in [9.17, 15) is 19.2 Å². The zero-order chi connectivity index (χ0) is 30.3. The van der Waals surface area contributed by atoms with Gasteiger partial charge in [-0.15, -0.1) is 0 Å². The van der Waals surface area contributed by atoms with Crippen LogP contribution in [0.2, 0.25) is 0 Å². The second kappa shape index (κ2) is 13.5. The fourth-order valence-corrected chi connectivity index (χ4v) is 4.48. The minimum Gasteiger partial charge on any atom is -0.444 e. The predicted octanol–water partition coefficient (Wildman–Crippen LogP) is 4.45. The van der Waals surface area contributed by atoms with Crippen molar-refractivity contribution in [3.05, 3.63) is 70.8 Å². The smallest absolute Gasteiger partial charge is 0.408 e. The number of nitrogens with two attached hydrogens (primary N) is 1. The molecule has 2 aromatic carbocycles. The van der Waals surface area contributed by atoms with Crippen LogP contribution in [-0.4, -0.2) is 45.9 Å². The van der Waals surface area contributed by atoms with Gasteiger partial charge in [0.25, 0.3) is 0 Å². The zero-order valence-corrected chi connectivity index (χ0v) is 25.0. The number of aryl methyl sites for hydroxylation is 2. The van der Waals surface area contributed by atoms with Gasteiger partial charge in [0.05, 0.1) is 6.42 Å². The Kier molecular flexibility index (Phi) is 10.9. The molecule has 0 radical (unpaired) electrons. The van der Waals surface area contributed by atoms with E-state index in [0.29, 0.717) is 12.0 Å². The van der Waals surface area contributed by atoms with Gasteiger partial charge in [-0.25, -0.2) is 4.79 Å². The van der Waals surface area contributed by atoms with E-state index in [1.165, 1.54) is 4.90 Å². The van der Waals surface area contributed by atoms with Crippen molar-refractivity contribution in [1.29, 1.82) is 0 Å². The van der Waals surface area contributed by atoms with E-state index in [0.717, 1.165) is 16.7 Å². The molecule has 0 aliphatic carbocycles. The van der Waals surface area contributed by atoms with Gasteiger partial charge in [0.15, 0.2) is 0 Å². The highest BCUT2D eigenvalue weighted by Crippen LogP contribution is 2.35. The molecule has 40 heavy (non-hydrogen) atoms. The number of nitrogens with zero attached hydrogens (tertiary/aromatic N) is 1. The van der Waals surface area contributed by atoms with Gasteiger partial charge in [0.2, 0.25) is 17.7 Å². The van der Waals surface area contributed by atoms with Crippen LogP contribution in [0.1, 0.15) is 82.7 Å². The highest BCUT2D eigenvalue weighted by atomic mass is 16.6. The second-order valence-electron chi connectivity index (χ2n) is 11.7. The third kappa shape index (κ3) is 8.83. The monoisotopic (exact) mass is 552 g/mol. The number of benzene rings is 2. The highest BCUT2D eigenvalue weighted by molar-refractivity contribution is 5.95. The number of amides is 4. The van der Waals surface area contributed by atoms with Crippen LogP contribution in [0.25, 0.3) is 0 Å². The maximum Gasteiger partial charge on any atom is 0.408 e. The standard InChI is InChI=1S/C31H44N4O5/c1-9-31(7,8)35(28(38)23(18-24(32)36)34-29(39)40-30(4,5)6)26(25-20(2)14-13-15-21(25)3)27(37)33-19-22-16-11-10-12-17-22/h10-17,23,26H,9,18-19H2,1-8H3,(H2,32,36)(H,33,37)(H,34,39). The van der Waals surface area contributed by atoms with E-state index in [2.05, 4.69) is 10.6 Å². The van der Waals surface area contributed by atoms with Gasteiger partial charge in [0.1, 0.15) is 17.7 Å². The van der Waals surface area contributed by atoms with E-state index in [1.807, 2.05) is 83.1 Å². The van der Waals surface area contributed by atoms with E-state index >= 15 is 0 Å². The van der Waals surface area contributed by atoms with E-state index < -0.39 is 47.6 Å². The first-order valence-electron chi connectivity index (χ1n) is 13.6. The number of primary amides is 1. The van der Waals surface area contributed by atoms with Crippen molar-refractivity contribution in [2.45, 2.75) is 98.0 Å². The van der Waals surface area contributed by atoms with E-state index in [4.69, 9.17) is 10.5 Å². The van der Waals surface area contributed by atoms with Crippen LogP contribution in [0.4, 0.5) is 4.79 Å². The first kappa shape index (κ1) is 32.3. The quantitative estimate of drug-likeness (QED) is 0.379. The Morgan fingerprint density at radius 1 is 0.925 bits per heavy atom. The molecule has 0 aliphatic heterocycles. The third-order valence-corrected chi connectivity index (χ3v) is 6.78. The van der Waals surface area contributed by atoms with Crippen molar-refractivity contribution in [2.24, 2.45) is 5.73 Å². The van der Waals surface area contributed by atoms with Gasteiger partial charge in [-0.3, -0.25) is 14.4 Å². The fraction of sp³-hybridized carbons (Fsp3) is 0.484. The summed E-state index contributed by atoms with van der Waals surface area (Å²) in [4.78, 5) is 54.7. The number of hydrogen-bond donors (Lipinski definition) is 3. The maximum absolute atomic E-state index is 14.4. The molecule has 4 N–H and O–H groups in total. The summed E-state index contributed by atoms with van der Waals surface area (Å²) < 4.78 is 5.36. The molecule has 0 heterocycles. The first-order chi connectivity index (χ1) is 18.6. The summed E-state index contributed by atoms with van der Waals surface area (Å²) >= 11 is 0. The molecule has 9 heteroatoms. The lowest BCUT2D eigenvalue weighted by Gasteiger charge is -2.45. The summed E-state index contributed by atoms with van der Waals surface area (Å²) in [6.45, 7) is 14.7. The molecular weight excluding hydrogens is 508 g/mol. The lowest BCUT2D eigenvalue weighted by molar-refractivity contribution is -0.150. The second-order valence-corrected chi connectivity index (χ2v) is 11.7. The van der Waals surface area contributed by atoms with Crippen LogP contribution in [0.15, 0.2) is 48.5 Å². The Labute approximate surface area is 237 Å². The largest absolute Gasteiger partial charge is 0.444 e. The van der Waals surface area contributed by atoms with E-state index in [-0.39, 0.29) is 12.5 Å². The van der Waals surface area contributed by atoms with Gasteiger partial charge in [-0.2, -0.15) is 0 Å². The summed E-state index contributed by atoms with van der Waals surface area (Å²) in [5, 5.41) is 5.53. The molecule has 2 unspecified atom stereocenters. The van der Waals surface area contributed by atoms with Crippen molar-refractivity contribution in [2.75, 3.05) is 0 Å². The summed E-state index contributed by atoms with van der Waals surface area (Å²) in [5.74, 6) is -1.77. The Bertz CT molecular complexity index is 1180. The molecule has 0 saturated carbocycles. The number of ether oxygens (including phenoxy) is 1. The lowest BCUT2D eigenvalue weighted by atomic mass is 9.88. The van der Waals surface area contributed by atoms with E-state index in [1.54, 1.807) is 20.8 Å². The van der Waals surface area contributed by atoms with Crippen molar-refractivity contribution < 1.29 is 23.9 Å². The van der Waals surface area contributed by atoms with Crippen molar-refractivity contribution in [3.8, 4) is 0 Å². The molecule has 0 bridgehead atoms. The van der Waals surface area contributed by atoms with Crippen LogP contribution >= 0.6 is 0 Å². The summed E-state index contributed by atoms with van der Waals surface area (Å²) in [7, 11) is 0. The van der Waals surface area contributed by atoms with Crippen molar-refractivity contribution >= 4 is 23.8 Å². The SMILES string of the molecule is CCC(C)(C)N(C(=O)C(CC(N)=O)NC(=O)OC(C)(C)C)C(C(=O)NCc1ccccc1)c1c(C)cccc1C. The van der Waals surface area contributed by atoms with Crippen molar-refractivity contribution in [3.63, 3.8) is 0 Å². The zero-order valence-electron chi connectivity index (χ0n) is 25.0. The van der Waals surface area contributed by atoms with Gasteiger partial charge < -0.3 is 26.0 Å². The van der Waals surface area contributed by atoms with Crippen LogP contribution in [0.3, 0.4) is 0 Å². The van der Waals surface area contributed by atoms with Gasteiger partial charge in [-0.05, 0) is 77.1 Å². The molecule has 9 nitrogen and oxygen atoms in total. The Morgan fingerprint density at radius 3 is 2.00 bits per heavy atom. The highest BCUT2D eigenvalue weighted by Gasteiger charge is 2.44. The minimum atomic E-state index is -1.34. The van der Waals surface area contributed by atoms with Crippen LogP contribution in [0, 0.1) is 13.8 Å². The van der Waals surface area contributed by atoms with Gasteiger partial charge in [-0.1, -0.05) is 55.5 Å². The Morgan fingerprint density at radius 2 is 1.50 bits per heavy atom. The molecule has 0 saturated heterocycles. The number of carbonyl (C=O) groups excluding carboxylic acids is 4. The molecule has 0 aromatic heterocycles. The number of carbonyl (C=O) groups is 4. The van der Waals surface area contributed by atoms with Gasteiger partial charge >= 0.3 is 6.09 Å². The Hall–Kier alpha value is -3.88. The molecular formula is C31H44N4O5. The Balaban J connectivity index is 2.65. The summed E-state index contributed by atoms with van der Waals surface area (Å²) in [5.41, 5.74) is 7.06. The summed E-state index contributed by atoms with van der Waals surface area (Å²) in [6, 6.07) is 12.8. The molecule has 4 amide bonds. The van der Waals surface area contributed by atoms with Crippen LogP contribution in [0.5, 0.6) is 0 Å². The number of rotatable bonds is 11. The minimum absolute atomic E-state index is 0.260. The fourth-order valence-electron chi connectivity index (χ4n) is 4.48. The predicted molar refractivity (Wildman–Crippen MR) is 155 cm³/mol. The van der Waals surface area contributed by atoms with Crippen molar-refractivity contribution in [1.82, 2.24) is 15.5 Å². The average Bonchev–Trinajstić information content (AvgIpc) is 2.85. The first-order valence-corrected chi connectivity index (χ1v) is 13.6. The normalized spacial score (nSPS) is 13.1. The molecule has 0 fully saturated rings. The lowest BCUT2D eigenvalue weighted by Crippen LogP contribution is -2.60. The number of hydrogen-bond acceptors (Lipinski definition) is 5. The molecule has 2 atom stereocenters. The molecule has 218 valence electrons. The van der Waals surface area contributed by atoms with Crippen LogP contribution in [-0.2, 0) is 25.7 Å². The number of alkyl carbamates (subject to hydrolysis) is 1. The maximum atomic E-state index is 14.4. The number of nitrogens with one attached hydrogen (secondary N) is 2. The van der Waals surface area contributed by atoms with Crippen LogP contribution < -0.4 is 16.4 Å². The molecule has 0 aliphatic rings. The third-order valence-electron chi connectivity index (χ3n) is 6.78. The molecule has 2 aromatic rings. The molecule has 0 spiro atoms. The topological polar surface area (TPSA) is 131 Å². The average molecular weight is 553 g/mol. The molecule has 2 rings (SSSR count). The summed E-state index contributed by atoms with van der Waals surface area (Å²) in [6.07, 6.45) is -0.833.